The van der Waals surface area contributed by atoms with E-state index in [2.05, 4.69) is 0 Å². The van der Waals surface area contributed by atoms with Gasteiger partial charge in [0.05, 0.1) is 17.5 Å². The molecular formula is C17H21ClN2O5. The lowest BCUT2D eigenvalue weighted by molar-refractivity contribution is -0.146. The second-order valence-corrected chi connectivity index (χ2v) is 6.37. The maximum atomic E-state index is 12.2. The zero-order chi connectivity index (χ0) is 18.4. The van der Waals surface area contributed by atoms with E-state index in [9.17, 15) is 14.4 Å². The van der Waals surface area contributed by atoms with Crippen molar-refractivity contribution in [2.75, 3.05) is 33.3 Å². The van der Waals surface area contributed by atoms with Crippen LogP contribution >= 0.6 is 11.6 Å². The first-order valence-electron chi connectivity index (χ1n) is 8.00. The van der Waals surface area contributed by atoms with E-state index in [1.54, 1.807) is 29.2 Å². The van der Waals surface area contributed by atoms with E-state index in [-0.39, 0.29) is 25.0 Å². The van der Waals surface area contributed by atoms with Crippen LogP contribution in [-0.4, -0.2) is 66.0 Å². The van der Waals surface area contributed by atoms with Gasteiger partial charge in [0.1, 0.15) is 5.75 Å². The quantitative estimate of drug-likeness (QED) is 0.822. The molecule has 1 aliphatic rings. The van der Waals surface area contributed by atoms with Crippen LogP contribution in [0.4, 0.5) is 0 Å². The summed E-state index contributed by atoms with van der Waals surface area (Å²) in [6, 6.07) is 6.83. The maximum Gasteiger partial charge on any atom is 0.306 e. The lowest BCUT2D eigenvalue weighted by atomic mass is 9.97. The summed E-state index contributed by atoms with van der Waals surface area (Å²) in [5, 5.41) is 9.39. The summed E-state index contributed by atoms with van der Waals surface area (Å²) in [7, 11) is 1.53. The topological polar surface area (TPSA) is 87.2 Å². The van der Waals surface area contributed by atoms with Crippen molar-refractivity contribution in [3.63, 3.8) is 0 Å². The van der Waals surface area contributed by atoms with Crippen molar-refractivity contribution in [2.24, 2.45) is 5.92 Å². The summed E-state index contributed by atoms with van der Waals surface area (Å²) in [5.41, 5.74) is 0. The number of para-hydroxylation sites is 1. The molecule has 136 valence electrons. The zero-order valence-corrected chi connectivity index (χ0v) is 14.7. The Labute approximate surface area is 151 Å². The first kappa shape index (κ1) is 19.1. The van der Waals surface area contributed by atoms with E-state index in [4.69, 9.17) is 21.4 Å². The Balaban J connectivity index is 1.78. The van der Waals surface area contributed by atoms with E-state index < -0.39 is 11.9 Å². The van der Waals surface area contributed by atoms with Crippen LogP contribution in [-0.2, 0) is 14.4 Å². The van der Waals surface area contributed by atoms with Crippen molar-refractivity contribution in [2.45, 2.75) is 12.8 Å². The number of hydrogen-bond acceptors (Lipinski definition) is 4. The molecule has 0 radical (unpaired) electrons. The number of carbonyl (C=O) groups is 3. The number of amides is 2. The molecule has 1 fully saturated rings. The fourth-order valence-corrected chi connectivity index (χ4v) is 2.77. The van der Waals surface area contributed by atoms with E-state index in [1.807, 2.05) is 0 Å². The number of likely N-dealkylation sites (tertiary alicyclic amines) is 1. The van der Waals surface area contributed by atoms with Crippen LogP contribution in [0.3, 0.4) is 0 Å². The van der Waals surface area contributed by atoms with Crippen LogP contribution in [0.1, 0.15) is 12.8 Å². The highest BCUT2D eigenvalue weighted by molar-refractivity contribution is 6.32. The summed E-state index contributed by atoms with van der Waals surface area (Å²) in [6.45, 7) is 0.513. The first-order valence-corrected chi connectivity index (χ1v) is 8.38. The number of likely N-dealkylation sites (N-methyl/N-ethyl adjacent to an activating group) is 1. The molecule has 1 heterocycles. The third-order valence-corrected chi connectivity index (χ3v) is 4.50. The van der Waals surface area contributed by atoms with Crippen molar-refractivity contribution in [1.29, 1.82) is 0 Å². The van der Waals surface area contributed by atoms with E-state index >= 15 is 0 Å². The van der Waals surface area contributed by atoms with Gasteiger partial charge in [-0.1, -0.05) is 23.7 Å². The number of benzene rings is 1. The van der Waals surface area contributed by atoms with Gasteiger partial charge in [-0.25, -0.2) is 0 Å². The highest BCUT2D eigenvalue weighted by Gasteiger charge is 2.27. The average Bonchev–Trinajstić information content (AvgIpc) is 2.60. The fraction of sp³-hybridized carbons (Fsp3) is 0.471. The molecule has 0 atom stereocenters. The predicted molar refractivity (Wildman–Crippen MR) is 91.5 cm³/mol. The molecule has 1 saturated heterocycles. The minimum Gasteiger partial charge on any atom is -0.482 e. The molecule has 0 spiro atoms. The number of rotatable bonds is 6. The standard InChI is InChI=1S/C17H21ClN2O5/c1-19(16(22)11-25-14-5-3-2-4-13(14)18)10-15(21)20-8-6-12(7-9-20)17(23)24/h2-5,12H,6-11H2,1H3,(H,23,24). The fourth-order valence-electron chi connectivity index (χ4n) is 2.58. The van der Waals surface area contributed by atoms with E-state index in [1.165, 1.54) is 11.9 Å². The maximum absolute atomic E-state index is 12.2. The molecule has 0 aromatic heterocycles. The molecule has 25 heavy (non-hydrogen) atoms. The van der Waals surface area contributed by atoms with Crippen LogP contribution in [0.15, 0.2) is 24.3 Å². The van der Waals surface area contributed by atoms with Gasteiger partial charge in [0.15, 0.2) is 6.61 Å². The number of ether oxygens (including phenoxy) is 1. The van der Waals surface area contributed by atoms with Crippen molar-refractivity contribution >= 4 is 29.4 Å². The average molecular weight is 369 g/mol. The van der Waals surface area contributed by atoms with Crippen molar-refractivity contribution in [3.05, 3.63) is 29.3 Å². The Bertz CT molecular complexity index is 644. The van der Waals surface area contributed by atoms with Crippen molar-refractivity contribution < 1.29 is 24.2 Å². The van der Waals surface area contributed by atoms with Crippen molar-refractivity contribution in [1.82, 2.24) is 9.80 Å². The molecule has 1 aromatic rings. The second kappa shape index (κ2) is 8.71. The Morgan fingerprint density at radius 2 is 1.92 bits per heavy atom. The van der Waals surface area contributed by atoms with Crippen LogP contribution in [0.2, 0.25) is 5.02 Å². The molecule has 0 saturated carbocycles. The highest BCUT2D eigenvalue weighted by atomic mass is 35.5. The van der Waals surface area contributed by atoms with Crippen LogP contribution in [0.5, 0.6) is 5.75 Å². The largest absolute Gasteiger partial charge is 0.482 e. The number of aliphatic carboxylic acids is 1. The number of nitrogens with zero attached hydrogens (tertiary/aromatic N) is 2. The highest BCUT2D eigenvalue weighted by Crippen LogP contribution is 2.23. The van der Waals surface area contributed by atoms with Crippen LogP contribution in [0.25, 0.3) is 0 Å². The second-order valence-electron chi connectivity index (χ2n) is 5.96. The van der Waals surface area contributed by atoms with Gasteiger partial charge < -0.3 is 19.6 Å². The summed E-state index contributed by atoms with van der Waals surface area (Å²) in [5.74, 6) is -1.34. The number of halogens is 1. The molecule has 7 nitrogen and oxygen atoms in total. The molecule has 1 aromatic carbocycles. The van der Waals surface area contributed by atoms with E-state index in [0.29, 0.717) is 36.7 Å². The summed E-state index contributed by atoms with van der Waals surface area (Å²) in [6.07, 6.45) is 0.878. The summed E-state index contributed by atoms with van der Waals surface area (Å²) >= 11 is 5.95. The molecule has 8 heteroatoms. The SMILES string of the molecule is CN(CC(=O)N1CCC(C(=O)O)CC1)C(=O)COc1ccccc1Cl. The van der Waals surface area contributed by atoms with Gasteiger partial charge in [-0.3, -0.25) is 14.4 Å². The minimum atomic E-state index is -0.823. The molecule has 2 amide bonds. The van der Waals surface area contributed by atoms with Gasteiger partial charge in [0.25, 0.3) is 5.91 Å². The lowest BCUT2D eigenvalue weighted by Gasteiger charge is -2.31. The Kier molecular flexibility index (Phi) is 6.64. The number of piperidine rings is 1. The monoisotopic (exact) mass is 368 g/mol. The predicted octanol–water partition coefficient (Wildman–Crippen LogP) is 1.50. The third kappa shape index (κ3) is 5.35. The normalized spacial score (nSPS) is 14.9. The van der Waals surface area contributed by atoms with Gasteiger partial charge in [-0.2, -0.15) is 0 Å². The molecule has 0 bridgehead atoms. The minimum absolute atomic E-state index is 0.0670. The Morgan fingerprint density at radius 3 is 2.52 bits per heavy atom. The Hall–Kier alpha value is -2.28. The van der Waals surface area contributed by atoms with E-state index in [0.717, 1.165) is 0 Å². The summed E-state index contributed by atoms with van der Waals surface area (Å²) in [4.78, 5) is 38.2. The number of carboxylic acid groups (broad SMARTS) is 1. The number of hydrogen-bond donors (Lipinski definition) is 1. The van der Waals surface area contributed by atoms with Gasteiger partial charge in [0.2, 0.25) is 5.91 Å². The smallest absolute Gasteiger partial charge is 0.306 e. The molecule has 1 N–H and O–H groups in total. The van der Waals surface area contributed by atoms with Crippen LogP contribution < -0.4 is 4.74 Å². The van der Waals surface area contributed by atoms with Gasteiger partial charge in [0, 0.05) is 20.1 Å². The molecule has 2 rings (SSSR count). The molecule has 1 aliphatic heterocycles. The van der Waals surface area contributed by atoms with Gasteiger partial charge in [-0.05, 0) is 25.0 Å². The lowest BCUT2D eigenvalue weighted by Crippen LogP contribution is -2.46. The van der Waals surface area contributed by atoms with Crippen LogP contribution in [0, 0.1) is 5.92 Å². The van der Waals surface area contributed by atoms with Crippen molar-refractivity contribution in [3.8, 4) is 5.75 Å². The molecular weight excluding hydrogens is 348 g/mol. The summed E-state index contributed by atoms with van der Waals surface area (Å²) < 4.78 is 5.37. The molecule has 0 aliphatic carbocycles. The van der Waals surface area contributed by atoms with Gasteiger partial charge >= 0.3 is 5.97 Å². The number of carboxylic acids is 1. The molecule has 0 unspecified atom stereocenters. The Morgan fingerprint density at radius 1 is 1.28 bits per heavy atom. The first-order chi connectivity index (χ1) is 11.9. The number of carbonyl (C=O) groups excluding carboxylic acids is 2. The third-order valence-electron chi connectivity index (χ3n) is 4.18. The van der Waals surface area contributed by atoms with Gasteiger partial charge in [-0.15, -0.1) is 0 Å². The zero-order valence-electron chi connectivity index (χ0n) is 14.0.